The van der Waals surface area contributed by atoms with Gasteiger partial charge in [-0.25, -0.2) is 9.97 Å². The lowest BCUT2D eigenvalue weighted by Crippen LogP contribution is -2.14. The van der Waals surface area contributed by atoms with E-state index >= 15 is 0 Å². The van der Waals surface area contributed by atoms with Crippen LogP contribution < -0.4 is 0 Å². The van der Waals surface area contributed by atoms with Crippen LogP contribution in [0.1, 0.15) is 25.0 Å². The quantitative estimate of drug-likeness (QED) is 0.170. The van der Waals surface area contributed by atoms with Crippen LogP contribution in [0.4, 0.5) is 0 Å². The van der Waals surface area contributed by atoms with Gasteiger partial charge in [-0.1, -0.05) is 153 Å². The highest BCUT2D eigenvalue weighted by atomic mass is 16.3. The molecule has 0 aliphatic heterocycles. The van der Waals surface area contributed by atoms with Gasteiger partial charge in [-0.3, -0.25) is 4.98 Å². The molecule has 274 valence electrons. The Morgan fingerprint density at radius 2 is 1.10 bits per heavy atom. The van der Waals surface area contributed by atoms with Gasteiger partial charge in [-0.2, -0.15) is 0 Å². The Morgan fingerprint density at radius 3 is 1.93 bits per heavy atom. The second-order valence-electron chi connectivity index (χ2n) is 15.6. The van der Waals surface area contributed by atoms with Crippen LogP contribution in [0.15, 0.2) is 193 Å². The van der Waals surface area contributed by atoms with Gasteiger partial charge in [-0.15, -0.1) is 0 Å². The van der Waals surface area contributed by atoms with E-state index in [2.05, 4.69) is 158 Å². The van der Waals surface area contributed by atoms with Crippen LogP contribution in [0, 0.1) is 0 Å². The average Bonchev–Trinajstić information content (AvgIpc) is 3.78. The first-order valence-electron chi connectivity index (χ1n) is 19.8. The molecule has 0 amide bonds. The average molecular weight is 744 g/mol. The molecule has 4 nitrogen and oxygen atoms in total. The summed E-state index contributed by atoms with van der Waals surface area (Å²) in [5.74, 6) is 0.664. The molecule has 1 aliphatic carbocycles. The molecule has 11 rings (SSSR count). The Kier molecular flexibility index (Phi) is 7.80. The monoisotopic (exact) mass is 743 g/mol. The van der Waals surface area contributed by atoms with E-state index in [-0.39, 0.29) is 5.41 Å². The van der Waals surface area contributed by atoms with Gasteiger partial charge < -0.3 is 4.42 Å². The van der Waals surface area contributed by atoms with Gasteiger partial charge in [0.25, 0.3) is 0 Å². The molecule has 4 heteroatoms. The predicted octanol–water partition coefficient (Wildman–Crippen LogP) is 14.1. The molecule has 10 aromatic rings. The van der Waals surface area contributed by atoms with Crippen LogP contribution >= 0.6 is 0 Å². The lowest BCUT2D eigenvalue weighted by molar-refractivity contribution is 0.660. The van der Waals surface area contributed by atoms with Gasteiger partial charge in [0.15, 0.2) is 5.82 Å². The number of benzene rings is 7. The van der Waals surface area contributed by atoms with Gasteiger partial charge in [0.1, 0.15) is 11.2 Å². The molecule has 0 radical (unpaired) electrons. The highest BCUT2D eigenvalue weighted by Gasteiger charge is 2.38. The van der Waals surface area contributed by atoms with Crippen molar-refractivity contribution in [2.24, 2.45) is 0 Å². The zero-order chi connectivity index (χ0) is 38.8. The molecule has 0 unspecified atom stereocenters. The Bertz CT molecular complexity index is 3180. The number of hydrogen-bond acceptors (Lipinski definition) is 4. The van der Waals surface area contributed by atoms with E-state index < -0.39 is 0 Å². The third kappa shape index (κ3) is 5.48. The summed E-state index contributed by atoms with van der Waals surface area (Å²) in [6.45, 7) is 4.65. The maximum Gasteiger partial charge on any atom is 0.160 e. The number of nitrogens with zero attached hydrogens (tertiary/aromatic N) is 3. The summed E-state index contributed by atoms with van der Waals surface area (Å²) in [5.41, 5.74) is 17.8. The van der Waals surface area contributed by atoms with Crippen molar-refractivity contribution in [1.29, 1.82) is 0 Å². The fraction of sp³-hybridized carbons (Fsp3) is 0.0556. The summed E-state index contributed by atoms with van der Waals surface area (Å²) < 4.78 is 6.58. The number of hydrogen-bond donors (Lipinski definition) is 0. The van der Waals surface area contributed by atoms with Crippen LogP contribution in [0.3, 0.4) is 0 Å². The number of para-hydroxylation sites is 2. The molecule has 0 N–H and O–H groups in total. The second-order valence-corrected chi connectivity index (χ2v) is 15.6. The van der Waals surface area contributed by atoms with E-state index in [0.29, 0.717) is 5.82 Å². The first-order valence-corrected chi connectivity index (χ1v) is 19.8. The Hall–Kier alpha value is -7.43. The molecule has 0 spiro atoms. The van der Waals surface area contributed by atoms with Crippen molar-refractivity contribution in [3.05, 3.63) is 199 Å². The van der Waals surface area contributed by atoms with Gasteiger partial charge in [0, 0.05) is 62.0 Å². The largest absolute Gasteiger partial charge is 0.455 e. The van der Waals surface area contributed by atoms with E-state index in [1.54, 1.807) is 0 Å². The summed E-state index contributed by atoms with van der Waals surface area (Å²) in [6, 6.07) is 62.0. The van der Waals surface area contributed by atoms with Crippen molar-refractivity contribution in [2.75, 3.05) is 0 Å². The molecule has 0 saturated carbocycles. The first kappa shape index (κ1) is 33.9. The lowest BCUT2D eigenvalue weighted by atomic mass is 9.81. The fourth-order valence-corrected chi connectivity index (χ4v) is 8.97. The molecule has 3 aromatic heterocycles. The van der Waals surface area contributed by atoms with Crippen molar-refractivity contribution < 1.29 is 4.42 Å². The van der Waals surface area contributed by atoms with Crippen LogP contribution in [-0.4, -0.2) is 15.0 Å². The number of furan rings is 1. The number of aromatic nitrogens is 3. The molecule has 58 heavy (non-hydrogen) atoms. The standard InChI is InChI=1S/C54H37N3O/c1-54(2)45-24-11-9-21-43(45)51-46(54)27-26-44(50(51)36-19-14-28-55-33-36)48-32-47(56-53(57-48)35-17-7-4-8-18-35)39-30-37(34-15-5-3-6-16-34)29-38(31-39)40-22-13-23-42-41-20-10-12-25-49(41)58-52(40)42/h3-33H,1-2H3. The van der Waals surface area contributed by atoms with E-state index in [9.17, 15) is 0 Å². The predicted molar refractivity (Wildman–Crippen MR) is 237 cm³/mol. The van der Waals surface area contributed by atoms with Gasteiger partial charge in [0.2, 0.25) is 0 Å². The summed E-state index contributed by atoms with van der Waals surface area (Å²) in [4.78, 5) is 15.4. The normalized spacial score (nSPS) is 12.8. The molecule has 0 saturated heterocycles. The summed E-state index contributed by atoms with van der Waals surface area (Å²) in [7, 11) is 0. The van der Waals surface area contributed by atoms with Crippen molar-refractivity contribution in [3.8, 4) is 78.4 Å². The Balaban J connectivity index is 1.19. The number of rotatable bonds is 6. The zero-order valence-electron chi connectivity index (χ0n) is 32.1. The zero-order valence-corrected chi connectivity index (χ0v) is 32.1. The van der Waals surface area contributed by atoms with Crippen LogP contribution in [0.25, 0.3) is 100 Å². The number of fused-ring (bicyclic) bond motifs is 6. The highest BCUT2D eigenvalue weighted by Crippen LogP contribution is 2.54. The van der Waals surface area contributed by atoms with Gasteiger partial charge >= 0.3 is 0 Å². The van der Waals surface area contributed by atoms with Crippen LogP contribution in [-0.2, 0) is 5.41 Å². The Labute approximate surface area is 337 Å². The minimum absolute atomic E-state index is 0.162. The van der Waals surface area contributed by atoms with E-state index in [4.69, 9.17) is 14.4 Å². The van der Waals surface area contributed by atoms with Gasteiger partial charge in [-0.05, 0) is 75.3 Å². The van der Waals surface area contributed by atoms with Crippen molar-refractivity contribution in [3.63, 3.8) is 0 Å². The van der Waals surface area contributed by atoms with E-state index in [1.165, 1.54) is 22.3 Å². The molecule has 0 bridgehead atoms. The molecule has 7 aromatic carbocycles. The third-order valence-corrected chi connectivity index (χ3v) is 11.8. The van der Waals surface area contributed by atoms with Gasteiger partial charge in [0.05, 0.1) is 11.4 Å². The molecule has 0 fully saturated rings. The van der Waals surface area contributed by atoms with Crippen molar-refractivity contribution in [1.82, 2.24) is 15.0 Å². The summed E-state index contributed by atoms with van der Waals surface area (Å²) >= 11 is 0. The van der Waals surface area contributed by atoms with Crippen molar-refractivity contribution >= 4 is 21.9 Å². The van der Waals surface area contributed by atoms with Crippen LogP contribution in [0.2, 0.25) is 0 Å². The van der Waals surface area contributed by atoms with Crippen LogP contribution in [0.5, 0.6) is 0 Å². The SMILES string of the molecule is CC1(C)c2ccccc2-c2c1ccc(-c1cc(-c3cc(-c4ccccc4)cc(-c4cccc5c4oc4ccccc45)c3)nc(-c3ccccc3)n1)c2-c1cccnc1. The Morgan fingerprint density at radius 1 is 0.431 bits per heavy atom. The molecule has 1 aliphatic rings. The summed E-state index contributed by atoms with van der Waals surface area (Å²) in [6.07, 6.45) is 3.81. The first-order chi connectivity index (χ1) is 28.5. The van der Waals surface area contributed by atoms with E-state index in [1.807, 2.05) is 48.8 Å². The fourth-order valence-electron chi connectivity index (χ4n) is 8.97. The minimum Gasteiger partial charge on any atom is -0.455 e. The highest BCUT2D eigenvalue weighted by molar-refractivity contribution is 6.10. The maximum absolute atomic E-state index is 6.58. The second kappa shape index (κ2) is 13.4. The molecule has 0 atom stereocenters. The molecule has 3 heterocycles. The van der Waals surface area contributed by atoms with Crippen molar-refractivity contribution in [2.45, 2.75) is 19.3 Å². The minimum atomic E-state index is -0.162. The topological polar surface area (TPSA) is 51.8 Å². The lowest BCUT2D eigenvalue weighted by Gasteiger charge is -2.23. The maximum atomic E-state index is 6.58. The molecular formula is C54H37N3O. The summed E-state index contributed by atoms with van der Waals surface area (Å²) in [5, 5.41) is 2.20. The smallest absolute Gasteiger partial charge is 0.160 e. The number of pyridine rings is 1. The molecular weight excluding hydrogens is 707 g/mol. The van der Waals surface area contributed by atoms with E-state index in [0.717, 1.165) is 83.4 Å². The third-order valence-electron chi connectivity index (χ3n) is 11.8.